The van der Waals surface area contributed by atoms with Crippen LogP contribution in [0.15, 0.2) is 18.3 Å². The van der Waals surface area contributed by atoms with Crippen molar-refractivity contribution < 1.29 is 4.79 Å². The monoisotopic (exact) mass is 280 g/mol. The van der Waals surface area contributed by atoms with Crippen LogP contribution in [0.25, 0.3) is 0 Å². The van der Waals surface area contributed by atoms with Crippen LogP contribution in [0.2, 0.25) is 5.15 Å². The Morgan fingerprint density at radius 1 is 1.47 bits per heavy atom. The first kappa shape index (κ1) is 12.8. The second-order valence-electron chi connectivity index (χ2n) is 5.16. The number of pyridine rings is 1. The molecule has 1 saturated carbocycles. The molecule has 102 valence electrons. The number of carbonyl (C=O) groups is 1. The summed E-state index contributed by atoms with van der Waals surface area (Å²) in [5, 5.41) is 3.34. The van der Waals surface area contributed by atoms with Crippen LogP contribution in [0.3, 0.4) is 0 Å². The van der Waals surface area contributed by atoms with E-state index < -0.39 is 0 Å². The molecule has 6 heteroatoms. The summed E-state index contributed by atoms with van der Waals surface area (Å²) in [4.78, 5) is 16.2. The van der Waals surface area contributed by atoms with Crippen LogP contribution in [0, 0.1) is 5.92 Å². The third kappa shape index (κ3) is 2.59. The van der Waals surface area contributed by atoms with Gasteiger partial charge >= 0.3 is 0 Å². The Morgan fingerprint density at radius 2 is 2.37 bits per heavy atom. The fourth-order valence-corrected chi connectivity index (χ4v) is 3.21. The van der Waals surface area contributed by atoms with Crippen LogP contribution >= 0.6 is 11.6 Å². The lowest BCUT2D eigenvalue weighted by Gasteiger charge is -2.33. The van der Waals surface area contributed by atoms with Gasteiger partial charge in [-0.1, -0.05) is 18.0 Å². The van der Waals surface area contributed by atoms with Gasteiger partial charge < -0.3 is 5.32 Å². The number of halogens is 1. The SMILES string of the molecule is O=C(NC1CCCC2CNNC21)c1cccnc1Cl. The Labute approximate surface area is 117 Å². The molecule has 1 saturated heterocycles. The van der Waals surface area contributed by atoms with Gasteiger partial charge in [0.1, 0.15) is 5.15 Å². The molecule has 19 heavy (non-hydrogen) atoms. The average Bonchev–Trinajstić information content (AvgIpc) is 2.88. The van der Waals surface area contributed by atoms with Gasteiger partial charge in [0.05, 0.1) is 5.56 Å². The molecule has 3 rings (SSSR count). The minimum Gasteiger partial charge on any atom is -0.348 e. The molecule has 1 aromatic heterocycles. The first-order valence-corrected chi connectivity index (χ1v) is 7.03. The van der Waals surface area contributed by atoms with E-state index in [-0.39, 0.29) is 17.1 Å². The molecule has 1 amide bonds. The zero-order chi connectivity index (χ0) is 13.2. The minimum atomic E-state index is -0.141. The fourth-order valence-electron chi connectivity index (χ4n) is 3.01. The molecule has 2 aliphatic rings. The first-order chi connectivity index (χ1) is 9.25. The second kappa shape index (κ2) is 5.45. The average molecular weight is 281 g/mol. The van der Waals surface area contributed by atoms with E-state index in [1.54, 1.807) is 18.3 Å². The van der Waals surface area contributed by atoms with Gasteiger partial charge in [-0.25, -0.2) is 4.98 Å². The van der Waals surface area contributed by atoms with Crippen molar-refractivity contribution >= 4 is 17.5 Å². The lowest BCUT2D eigenvalue weighted by atomic mass is 9.82. The van der Waals surface area contributed by atoms with Crippen molar-refractivity contribution in [3.05, 3.63) is 29.0 Å². The highest BCUT2D eigenvalue weighted by molar-refractivity contribution is 6.32. The quantitative estimate of drug-likeness (QED) is 0.710. The number of nitrogens with one attached hydrogen (secondary N) is 3. The van der Waals surface area contributed by atoms with Gasteiger partial charge in [0, 0.05) is 24.8 Å². The molecule has 3 N–H and O–H groups in total. The van der Waals surface area contributed by atoms with Crippen LogP contribution in [0.4, 0.5) is 0 Å². The molecule has 5 nitrogen and oxygen atoms in total. The Hall–Kier alpha value is -1.17. The molecule has 2 fully saturated rings. The lowest BCUT2D eigenvalue weighted by molar-refractivity contribution is 0.0909. The van der Waals surface area contributed by atoms with Gasteiger partial charge in [0.2, 0.25) is 0 Å². The van der Waals surface area contributed by atoms with Gasteiger partial charge in [-0.3, -0.25) is 15.6 Å². The maximum absolute atomic E-state index is 12.2. The minimum absolute atomic E-state index is 0.141. The maximum atomic E-state index is 12.2. The number of amides is 1. The van der Waals surface area contributed by atoms with Crippen LogP contribution < -0.4 is 16.2 Å². The molecule has 0 radical (unpaired) electrons. The smallest absolute Gasteiger partial charge is 0.254 e. The molecule has 2 heterocycles. The molecule has 0 spiro atoms. The van der Waals surface area contributed by atoms with E-state index in [4.69, 9.17) is 11.6 Å². The predicted molar refractivity (Wildman–Crippen MR) is 72.8 cm³/mol. The normalized spacial score (nSPS) is 29.8. The van der Waals surface area contributed by atoms with Crippen molar-refractivity contribution in [3.8, 4) is 0 Å². The highest BCUT2D eigenvalue weighted by atomic mass is 35.5. The standard InChI is InChI=1S/C13H17ClN4O/c14-12-9(4-2-6-15-12)13(19)17-10-5-1-3-8-7-16-18-11(8)10/h2,4,6,8,10-11,16,18H,1,3,5,7H2,(H,17,19). The summed E-state index contributed by atoms with van der Waals surface area (Å²) in [6.45, 7) is 0.977. The summed E-state index contributed by atoms with van der Waals surface area (Å²) < 4.78 is 0. The third-order valence-electron chi connectivity index (χ3n) is 3.98. The third-order valence-corrected chi connectivity index (χ3v) is 4.29. The summed E-state index contributed by atoms with van der Waals surface area (Å²) in [5.41, 5.74) is 6.89. The number of hydrogen-bond acceptors (Lipinski definition) is 4. The number of nitrogens with zero attached hydrogens (tertiary/aromatic N) is 1. The fraction of sp³-hybridized carbons (Fsp3) is 0.538. The van der Waals surface area contributed by atoms with Crippen LogP contribution in [-0.2, 0) is 0 Å². The molecular weight excluding hydrogens is 264 g/mol. The Bertz CT molecular complexity index is 481. The van der Waals surface area contributed by atoms with Gasteiger partial charge in [0.25, 0.3) is 5.91 Å². The van der Waals surface area contributed by atoms with Crippen LogP contribution in [0.1, 0.15) is 29.6 Å². The lowest BCUT2D eigenvalue weighted by Crippen LogP contribution is -2.53. The largest absolute Gasteiger partial charge is 0.348 e. The van der Waals surface area contributed by atoms with Crippen molar-refractivity contribution in [1.82, 2.24) is 21.2 Å². The van der Waals surface area contributed by atoms with E-state index in [9.17, 15) is 4.79 Å². The summed E-state index contributed by atoms with van der Waals surface area (Å²) in [7, 11) is 0. The van der Waals surface area contributed by atoms with Gasteiger partial charge in [0.15, 0.2) is 0 Å². The Morgan fingerprint density at radius 3 is 3.21 bits per heavy atom. The Balaban J connectivity index is 1.71. The zero-order valence-electron chi connectivity index (χ0n) is 10.5. The zero-order valence-corrected chi connectivity index (χ0v) is 11.3. The number of hydrogen-bond donors (Lipinski definition) is 3. The van der Waals surface area contributed by atoms with E-state index in [0.29, 0.717) is 17.5 Å². The van der Waals surface area contributed by atoms with E-state index in [1.807, 2.05) is 0 Å². The van der Waals surface area contributed by atoms with Gasteiger partial charge in [-0.2, -0.15) is 0 Å². The number of fused-ring (bicyclic) bond motifs is 1. The molecular formula is C13H17ClN4O. The van der Waals surface area contributed by atoms with E-state index in [2.05, 4.69) is 21.2 Å². The highest BCUT2D eigenvalue weighted by Crippen LogP contribution is 2.27. The van der Waals surface area contributed by atoms with Crippen molar-refractivity contribution in [3.63, 3.8) is 0 Å². The second-order valence-corrected chi connectivity index (χ2v) is 5.52. The summed E-state index contributed by atoms with van der Waals surface area (Å²) in [5.74, 6) is 0.459. The summed E-state index contributed by atoms with van der Waals surface area (Å²) >= 11 is 5.95. The van der Waals surface area contributed by atoms with E-state index in [1.165, 1.54) is 6.42 Å². The summed E-state index contributed by atoms with van der Waals surface area (Å²) in [6.07, 6.45) is 4.94. The molecule has 0 aromatic carbocycles. The van der Waals surface area contributed by atoms with Crippen molar-refractivity contribution in [1.29, 1.82) is 0 Å². The topological polar surface area (TPSA) is 66.1 Å². The number of carbonyl (C=O) groups excluding carboxylic acids is 1. The maximum Gasteiger partial charge on any atom is 0.254 e. The van der Waals surface area contributed by atoms with Crippen molar-refractivity contribution in [2.75, 3.05) is 6.54 Å². The summed E-state index contributed by atoms with van der Waals surface area (Å²) in [6, 6.07) is 3.89. The Kier molecular flexibility index (Phi) is 3.68. The van der Waals surface area contributed by atoms with E-state index in [0.717, 1.165) is 19.4 Å². The highest BCUT2D eigenvalue weighted by Gasteiger charge is 2.37. The molecule has 1 aliphatic heterocycles. The van der Waals surface area contributed by atoms with Gasteiger partial charge in [-0.15, -0.1) is 0 Å². The molecule has 0 bridgehead atoms. The van der Waals surface area contributed by atoms with E-state index >= 15 is 0 Å². The predicted octanol–water partition coefficient (Wildman–Crippen LogP) is 1.11. The van der Waals surface area contributed by atoms with Crippen molar-refractivity contribution in [2.45, 2.75) is 31.3 Å². The molecule has 3 unspecified atom stereocenters. The number of aromatic nitrogens is 1. The molecule has 1 aliphatic carbocycles. The number of hydrazine groups is 1. The molecule has 1 aromatic rings. The van der Waals surface area contributed by atoms with Crippen molar-refractivity contribution in [2.24, 2.45) is 5.92 Å². The molecule has 3 atom stereocenters. The first-order valence-electron chi connectivity index (χ1n) is 6.65. The van der Waals surface area contributed by atoms with Crippen LogP contribution in [0.5, 0.6) is 0 Å². The van der Waals surface area contributed by atoms with Gasteiger partial charge in [-0.05, 0) is 30.9 Å². The number of rotatable bonds is 2. The van der Waals surface area contributed by atoms with Crippen LogP contribution in [-0.4, -0.2) is 29.5 Å².